The van der Waals surface area contributed by atoms with Crippen LogP contribution in [0.15, 0.2) is 43.0 Å². The summed E-state index contributed by atoms with van der Waals surface area (Å²) in [6.45, 7) is 4.14. The van der Waals surface area contributed by atoms with Gasteiger partial charge in [0.25, 0.3) is 0 Å². The van der Waals surface area contributed by atoms with E-state index in [-0.39, 0.29) is 12.1 Å². The molecule has 1 atom stereocenters. The molecule has 2 N–H and O–H groups in total. The molecular weight excluding hydrogens is 302 g/mol. The van der Waals surface area contributed by atoms with Crippen LogP contribution in [0.1, 0.15) is 23.6 Å². The van der Waals surface area contributed by atoms with Crippen molar-refractivity contribution >= 4 is 6.03 Å². The molecule has 0 aliphatic rings. The number of aromatic nitrogens is 2. The van der Waals surface area contributed by atoms with Crippen molar-refractivity contribution in [3.8, 4) is 0 Å². The van der Waals surface area contributed by atoms with Crippen LogP contribution in [0.5, 0.6) is 0 Å². The van der Waals surface area contributed by atoms with Gasteiger partial charge in [-0.1, -0.05) is 29.8 Å². The quantitative estimate of drug-likeness (QED) is 0.730. The van der Waals surface area contributed by atoms with Crippen LogP contribution in [0.4, 0.5) is 4.79 Å². The first kappa shape index (κ1) is 18.0. The van der Waals surface area contributed by atoms with Gasteiger partial charge in [0.2, 0.25) is 0 Å². The molecule has 0 bridgehead atoms. The Morgan fingerprint density at radius 2 is 2.00 bits per heavy atom. The number of hydrogen-bond acceptors (Lipinski definition) is 3. The molecule has 1 aromatic carbocycles. The van der Waals surface area contributed by atoms with Crippen molar-refractivity contribution in [2.45, 2.75) is 25.9 Å². The molecule has 2 aromatic rings. The third-order valence-corrected chi connectivity index (χ3v) is 3.98. The number of aryl methyl sites for hydroxylation is 2. The van der Waals surface area contributed by atoms with E-state index in [4.69, 9.17) is 0 Å². The molecule has 1 unspecified atom stereocenters. The maximum atomic E-state index is 12.0. The minimum absolute atomic E-state index is 0.125. The van der Waals surface area contributed by atoms with E-state index in [9.17, 15) is 4.79 Å². The highest BCUT2D eigenvalue weighted by atomic mass is 16.2. The van der Waals surface area contributed by atoms with Gasteiger partial charge in [0.1, 0.15) is 0 Å². The van der Waals surface area contributed by atoms with Crippen molar-refractivity contribution in [3.63, 3.8) is 0 Å². The van der Waals surface area contributed by atoms with Crippen LogP contribution in [0, 0.1) is 6.92 Å². The second-order valence-electron chi connectivity index (χ2n) is 6.18. The van der Waals surface area contributed by atoms with E-state index < -0.39 is 0 Å². The number of likely N-dealkylation sites (N-methyl/N-ethyl adjacent to an activating group) is 1. The number of urea groups is 1. The fourth-order valence-electron chi connectivity index (χ4n) is 2.52. The van der Waals surface area contributed by atoms with Crippen molar-refractivity contribution < 1.29 is 4.79 Å². The first-order chi connectivity index (χ1) is 11.6. The Balaban J connectivity index is 1.72. The van der Waals surface area contributed by atoms with Crippen LogP contribution in [0.3, 0.4) is 0 Å². The van der Waals surface area contributed by atoms with Gasteiger partial charge < -0.3 is 20.1 Å². The van der Waals surface area contributed by atoms with E-state index in [2.05, 4.69) is 51.7 Å². The molecule has 0 saturated heterocycles. The molecule has 0 saturated carbocycles. The van der Waals surface area contributed by atoms with Gasteiger partial charge >= 0.3 is 6.03 Å². The van der Waals surface area contributed by atoms with Crippen molar-refractivity contribution in [2.75, 3.05) is 27.2 Å². The lowest BCUT2D eigenvalue weighted by molar-refractivity contribution is 0.232. The molecule has 0 spiro atoms. The SMILES string of the molecule is Cc1ccc(C(CNC(=O)NCCCn2ccnc2)N(C)C)cc1. The summed E-state index contributed by atoms with van der Waals surface area (Å²) < 4.78 is 2.00. The number of carbonyl (C=O) groups is 1. The molecule has 0 aliphatic carbocycles. The summed E-state index contributed by atoms with van der Waals surface area (Å²) in [5.41, 5.74) is 2.44. The van der Waals surface area contributed by atoms with E-state index in [0.717, 1.165) is 13.0 Å². The molecule has 24 heavy (non-hydrogen) atoms. The molecule has 2 rings (SSSR count). The van der Waals surface area contributed by atoms with Gasteiger partial charge in [-0.3, -0.25) is 0 Å². The zero-order chi connectivity index (χ0) is 17.4. The smallest absolute Gasteiger partial charge is 0.314 e. The normalized spacial score (nSPS) is 12.2. The van der Waals surface area contributed by atoms with Crippen LogP contribution in [0.2, 0.25) is 0 Å². The van der Waals surface area contributed by atoms with Crippen molar-refractivity contribution in [2.24, 2.45) is 0 Å². The lowest BCUT2D eigenvalue weighted by atomic mass is 10.0. The molecule has 0 radical (unpaired) electrons. The summed E-state index contributed by atoms with van der Waals surface area (Å²) in [4.78, 5) is 18.1. The summed E-state index contributed by atoms with van der Waals surface area (Å²) in [6, 6.07) is 8.46. The largest absolute Gasteiger partial charge is 0.338 e. The highest BCUT2D eigenvalue weighted by molar-refractivity contribution is 5.73. The fourth-order valence-corrected chi connectivity index (χ4v) is 2.52. The summed E-state index contributed by atoms with van der Waals surface area (Å²) in [7, 11) is 4.05. The van der Waals surface area contributed by atoms with Gasteiger partial charge in [-0.2, -0.15) is 0 Å². The van der Waals surface area contributed by atoms with Gasteiger partial charge in [0.15, 0.2) is 0 Å². The monoisotopic (exact) mass is 329 g/mol. The number of amides is 2. The number of rotatable bonds is 8. The molecule has 6 heteroatoms. The molecule has 0 aliphatic heterocycles. The summed E-state index contributed by atoms with van der Waals surface area (Å²) in [5, 5.41) is 5.86. The summed E-state index contributed by atoms with van der Waals surface area (Å²) in [5.74, 6) is 0. The zero-order valence-electron chi connectivity index (χ0n) is 14.7. The molecule has 6 nitrogen and oxygen atoms in total. The lowest BCUT2D eigenvalue weighted by Gasteiger charge is -2.25. The fraction of sp³-hybridized carbons (Fsp3) is 0.444. The molecule has 2 amide bonds. The first-order valence-electron chi connectivity index (χ1n) is 8.26. The minimum atomic E-state index is -0.125. The van der Waals surface area contributed by atoms with Crippen molar-refractivity contribution in [3.05, 3.63) is 54.1 Å². The molecular formula is C18H27N5O. The second kappa shape index (κ2) is 9.08. The third-order valence-electron chi connectivity index (χ3n) is 3.98. The topological polar surface area (TPSA) is 62.2 Å². The maximum Gasteiger partial charge on any atom is 0.314 e. The molecule has 130 valence electrons. The van der Waals surface area contributed by atoms with Gasteiger partial charge in [0.05, 0.1) is 12.4 Å². The number of imidazole rings is 1. The highest BCUT2D eigenvalue weighted by Gasteiger charge is 2.14. The van der Waals surface area contributed by atoms with Crippen LogP contribution < -0.4 is 10.6 Å². The third kappa shape index (κ3) is 5.70. The van der Waals surface area contributed by atoms with Gasteiger partial charge in [-0.15, -0.1) is 0 Å². The van der Waals surface area contributed by atoms with E-state index in [1.165, 1.54) is 11.1 Å². The molecule has 1 aromatic heterocycles. The van der Waals surface area contributed by atoms with Crippen molar-refractivity contribution in [1.29, 1.82) is 0 Å². The number of hydrogen-bond donors (Lipinski definition) is 2. The van der Waals surface area contributed by atoms with Crippen LogP contribution in [0.25, 0.3) is 0 Å². The van der Waals surface area contributed by atoms with Gasteiger partial charge in [0, 0.05) is 32.0 Å². The van der Waals surface area contributed by atoms with E-state index >= 15 is 0 Å². The Morgan fingerprint density at radius 1 is 1.25 bits per heavy atom. The molecule has 0 fully saturated rings. The predicted octanol–water partition coefficient (Wildman–Crippen LogP) is 2.18. The van der Waals surface area contributed by atoms with Crippen LogP contribution in [-0.2, 0) is 6.54 Å². The average molecular weight is 329 g/mol. The number of nitrogens with one attached hydrogen (secondary N) is 2. The standard InChI is InChI=1S/C18H27N5O/c1-15-5-7-16(8-6-15)17(22(2)3)13-21-18(24)20-9-4-11-23-12-10-19-14-23/h5-8,10,12,14,17H,4,9,11,13H2,1-3H3,(H2,20,21,24). The van der Waals surface area contributed by atoms with E-state index in [1.54, 1.807) is 12.5 Å². The van der Waals surface area contributed by atoms with Crippen LogP contribution >= 0.6 is 0 Å². The maximum absolute atomic E-state index is 12.0. The highest BCUT2D eigenvalue weighted by Crippen LogP contribution is 2.17. The average Bonchev–Trinajstić information content (AvgIpc) is 3.06. The Morgan fingerprint density at radius 3 is 2.62 bits per heavy atom. The Kier molecular flexibility index (Phi) is 6.81. The van der Waals surface area contributed by atoms with Gasteiger partial charge in [-0.05, 0) is 33.0 Å². The predicted molar refractivity (Wildman–Crippen MR) is 95.9 cm³/mol. The van der Waals surface area contributed by atoms with E-state index in [1.807, 2.05) is 24.9 Å². The summed E-state index contributed by atoms with van der Waals surface area (Å²) >= 11 is 0. The minimum Gasteiger partial charge on any atom is -0.338 e. The Bertz CT molecular complexity index is 607. The Labute approximate surface area is 143 Å². The second-order valence-corrected chi connectivity index (χ2v) is 6.18. The number of benzene rings is 1. The van der Waals surface area contributed by atoms with Crippen molar-refractivity contribution in [1.82, 2.24) is 25.1 Å². The summed E-state index contributed by atoms with van der Waals surface area (Å²) in [6.07, 6.45) is 6.33. The number of nitrogens with zero attached hydrogens (tertiary/aromatic N) is 3. The molecule has 1 heterocycles. The first-order valence-corrected chi connectivity index (χ1v) is 8.26. The van der Waals surface area contributed by atoms with Crippen LogP contribution in [-0.4, -0.2) is 47.7 Å². The number of carbonyl (C=O) groups excluding carboxylic acids is 1. The lowest BCUT2D eigenvalue weighted by Crippen LogP contribution is -2.41. The Hall–Kier alpha value is -2.34. The van der Waals surface area contributed by atoms with Gasteiger partial charge in [-0.25, -0.2) is 9.78 Å². The van der Waals surface area contributed by atoms with E-state index in [0.29, 0.717) is 13.1 Å². The zero-order valence-corrected chi connectivity index (χ0v) is 14.7.